The second kappa shape index (κ2) is 11.7. The van der Waals surface area contributed by atoms with Crippen molar-refractivity contribution in [1.82, 2.24) is 29.9 Å². The Labute approximate surface area is 220 Å². The minimum absolute atomic E-state index is 0.0191. The number of amides is 1. The lowest BCUT2D eigenvalue weighted by Crippen LogP contribution is -2.19. The summed E-state index contributed by atoms with van der Waals surface area (Å²) in [6.45, 7) is 0. The van der Waals surface area contributed by atoms with Gasteiger partial charge in [-0.05, 0) is 35.9 Å². The summed E-state index contributed by atoms with van der Waals surface area (Å²) in [4.78, 5) is 43.9. The molecule has 196 valence electrons. The molecule has 11 nitrogen and oxygen atoms in total. The number of fused-ring (bicyclic) bond motifs is 2. The Bertz CT molecular complexity index is 1720. The van der Waals surface area contributed by atoms with Gasteiger partial charge in [0.2, 0.25) is 0 Å². The number of aromatic nitrogens is 5. The lowest BCUT2D eigenvalue weighted by atomic mass is 10.1. The van der Waals surface area contributed by atoms with E-state index in [0.29, 0.717) is 35.6 Å². The number of hydrogen-bond donors (Lipinski definition) is 3. The summed E-state index contributed by atoms with van der Waals surface area (Å²) in [5, 5.41) is 23.7. The minimum Gasteiger partial charge on any atom is -0.478 e. The molecule has 3 heterocycles. The normalized spacial score (nSPS) is 10.8. The van der Waals surface area contributed by atoms with Crippen molar-refractivity contribution >= 4 is 34.5 Å². The average Bonchev–Trinajstić information content (AvgIpc) is 3.33. The first-order valence-electron chi connectivity index (χ1n) is 11.4. The molecule has 5 rings (SSSR count). The lowest BCUT2D eigenvalue weighted by molar-refractivity contribution is -0.134. The fourth-order valence-electron chi connectivity index (χ4n) is 3.65. The molecule has 2 aromatic carbocycles. The molecule has 0 aliphatic carbocycles. The van der Waals surface area contributed by atoms with Crippen molar-refractivity contribution in [3.63, 3.8) is 0 Å². The Morgan fingerprint density at radius 3 is 2.41 bits per heavy atom. The number of carboxylic acid groups (broad SMARTS) is 2. The third kappa shape index (κ3) is 6.43. The van der Waals surface area contributed by atoms with Gasteiger partial charge in [0.15, 0.2) is 0 Å². The van der Waals surface area contributed by atoms with Crippen LogP contribution in [0.2, 0.25) is 0 Å². The Morgan fingerprint density at radius 2 is 1.72 bits per heavy atom. The summed E-state index contributed by atoms with van der Waals surface area (Å²) < 4.78 is 16.0. The van der Waals surface area contributed by atoms with Crippen LogP contribution in [0.15, 0.2) is 79.3 Å². The van der Waals surface area contributed by atoms with Crippen LogP contribution in [-0.2, 0) is 16.0 Å². The number of carbonyl (C=O) groups excluding carboxylic acids is 1. The molecule has 0 bridgehead atoms. The highest BCUT2D eigenvalue weighted by Gasteiger charge is 2.14. The summed E-state index contributed by atoms with van der Waals surface area (Å²) in [6, 6.07) is 14.4. The highest BCUT2D eigenvalue weighted by molar-refractivity contribution is 5.94. The minimum atomic E-state index is -1.26. The van der Waals surface area contributed by atoms with Crippen molar-refractivity contribution < 1.29 is 29.0 Å². The quantitative estimate of drug-likeness (QED) is 0.281. The van der Waals surface area contributed by atoms with Gasteiger partial charge >= 0.3 is 11.9 Å². The third-order valence-corrected chi connectivity index (χ3v) is 5.46. The van der Waals surface area contributed by atoms with E-state index in [1.54, 1.807) is 29.2 Å². The van der Waals surface area contributed by atoms with Gasteiger partial charge in [-0.2, -0.15) is 5.10 Å². The molecule has 0 saturated carbocycles. The van der Waals surface area contributed by atoms with Crippen LogP contribution in [-0.4, -0.2) is 59.7 Å². The predicted molar refractivity (Wildman–Crippen MR) is 139 cm³/mol. The van der Waals surface area contributed by atoms with Gasteiger partial charge in [0.25, 0.3) is 11.7 Å². The van der Waals surface area contributed by atoms with Crippen LogP contribution in [0, 0.1) is 5.82 Å². The van der Waals surface area contributed by atoms with Crippen molar-refractivity contribution in [3.8, 4) is 11.3 Å². The van der Waals surface area contributed by atoms with Gasteiger partial charge in [-0.1, -0.05) is 18.2 Å². The zero-order valence-electron chi connectivity index (χ0n) is 20.4. The van der Waals surface area contributed by atoms with Crippen molar-refractivity contribution in [1.29, 1.82) is 0 Å². The molecule has 39 heavy (non-hydrogen) atoms. The van der Waals surface area contributed by atoms with Crippen LogP contribution in [0.1, 0.15) is 21.6 Å². The molecule has 0 fully saturated rings. The molecule has 0 spiro atoms. The zero-order valence-corrected chi connectivity index (χ0v) is 20.4. The highest BCUT2D eigenvalue weighted by Crippen LogP contribution is 2.21. The number of halogens is 1. The molecule has 0 atom stereocenters. The summed E-state index contributed by atoms with van der Waals surface area (Å²) in [5.41, 5.74) is 3.88. The van der Waals surface area contributed by atoms with Gasteiger partial charge in [-0.3, -0.25) is 9.78 Å². The fraction of sp³-hybridized carbons (Fsp3) is 0.0741. The maximum absolute atomic E-state index is 14.4. The zero-order chi connectivity index (χ0) is 27.9. The van der Waals surface area contributed by atoms with Crippen molar-refractivity contribution in [2.24, 2.45) is 0 Å². The number of nitrogens with one attached hydrogen (secondary N) is 1. The van der Waals surface area contributed by atoms with Gasteiger partial charge in [-0.15, -0.1) is 0 Å². The maximum Gasteiger partial charge on any atom is 0.328 e. The second-order valence-electron chi connectivity index (χ2n) is 8.10. The van der Waals surface area contributed by atoms with E-state index in [-0.39, 0.29) is 5.56 Å². The number of nitrogens with zero attached hydrogens (tertiary/aromatic N) is 5. The number of carbonyl (C=O) groups is 3. The second-order valence-corrected chi connectivity index (χ2v) is 8.10. The molecule has 3 aromatic heterocycles. The van der Waals surface area contributed by atoms with Gasteiger partial charge in [0, 0.05) is 42.8 Å². The van der Waals surface area contributed by atoms with Crippen molar-refractivity contribution in [3.05, 3.63) is 102 Å². The molecule has 0 unspecified atom stereocenters. The Balaban J connectivity index is 0.000000386. The van der Waals surface area contributed by atoms with Crippen molar-refractivity contribution in [2.45, 2.75) is 6.42 Å². The smallest absolute Gasteiger partial charge is 0.328 e. The Hall–Kier alpha value is -5.52. The van der Waals surface area contributed by atoms with Crippen LogP contribution >= 0.6 is 0 Å². The molecular formula is C27H21FN6O5. The average molecular weight is 529 g/mol. The maximum atomic E-state index is 14.4. The number of hydrogen-bond acceptors (Lipinski definition) is 7. The largest absolute Gasteiger partial charge is 0.478 e. The van der Waals surface area contributed by atoms with Crippen LogP contribution in [0.25, 0.3) is 27.9 Å². The number of pyridine rings is 1. The molecule has 1 amide bonds. The van der Waals surface area contributed by atoms with E-state index in [0.717, 1.165) is 22.2 Å². The number of benzene rings is 2. The molecule has 0 aliphatic rings. The van der Waals surface area contributed by atoms with E-state index in [1.807, 2.05) is 24.3 Å². The van der Waals surface area contributed by atoms with Crippen molar-refractivity contribution in [2.75, 3.05) is 7.05 Å². The molecule has 12 heteroatoms. The topological polar surface area (TPSA) is 160 Å². The van der Waals surface area contributed by atoms with E-state index in [9.17, 15) is 18.8 Å². The SMILES string of the molecule is CNC(=O)c1ccc(-c2cnc3ncc(Cc4ccc5ncccc5c4)n3n2)cc1F.O=C(O)/C=C\C(=O)O. The summed E-state index contributed by atoms with van der Waals surface area (Å²) >= 11 is 0. The Kier molecular flexibility index (Phi) is 7.95. The van der Waals surface area contributed by atoms with Gasteiger partial charge in [0.05, 0.1) is 29.2 Å². The van der Waals surface area contributed by atoms with E-state index in [1.165, 1.54) is 19.2 Å². The highest BCUT2D eigenvalue weighted by atomic mass is 19.1. The summed E-state index contributed by atoms with van der Waals surface area (Å²) in [6.07, 6.45) is 6.77. The van der Waals surface area contributed by atoms with Crippen LogP contribution in [0.4, 0.5) is 4.39 Å². The number of imidazole rings is 1. The summed E-state index contributed by atoms with van der Waals surface area (Å²) in [7, 11) is 1.46. The van der Waals surface area contributed by atoms with Gasteiger partial charge in [0.1, 0.15) is 11.5 Å². The molecule has 0 radical (unpaired) electrons. The van der Waals surface area contributed by atoms with Crippen LogP contribution in [0.5, 0.6) is 0 Å². The number of rotatable bonds is 6. The van der Waals surface area contributed by atoms with E-state index >= 15 is 0 Å². The number of aliphatic carboxylic acids is 2. The van der Waals surface area contributed by atoms with Gasteiger partial charge in [-0.25, -0.2) is 28.5 Å². The first-order chi connectivity index (χ1) is 18.7. The van der Waals surface area contributed by atoms with Crippen LogP contribution < -0.4 is 5.32 Å². The first-order valence-corrected chi connectivity index (χ1v) is 11.4. The van der Waals surface area contributed by atoms with Gasteiger partial charge < -0.3 is 15.5 Å². The monoisotopic (exact) mass is 528 g/mol. The van der Waals surface area contributed by atoms with Crippen LogP contribution in [0.3, 0.4) is 0 Å². The molecule has 5 aromatic rings. The summed E-state index contributed by atoms with van der Waals surface area (Å²) in [5.74, 6) is -3.15. The van der Waals surface area contributed by atoms with E-state index in [4.69, 9.17) is 10.2 Å². The van der Waals surface area contributed by atoms with E-state index < -0.39 is 23.7 Å². The van der Waals surface area contributed by atoms with E-state index in [2.05, 4.69) is 31.4 Å². The number of carboxylic acids is 2. The molecular weight excluding hydrogens is 507 g/mol. The first kappa shape index (κ1) is 26.5. The molecule has 3 N–H and O–H groups in total. The lowest BCUT2D eigenvalue weighted by Gasteiger charge is -2.07. The molecule has 0 aliphatic heterocycles. The Morgan fingerprint density at radius 1 is 0.974 bits per heavy atom. The molecule has 0 saturated heterocycles. The predicted octanol–water partition coefficient (Wildman–Crippen LogP) is 3.14. The standard InChI is InChI=1S/C23H17FN6O.C4H4O4/c1-25-22(31)18-6-5-16(11-19(18)24)21-13-28-23-27-12-17(30(23)29-21)10-14-4-7-20-15(9-14)3-2-8-26-20;5-3(6)1-2-4(7)8/h2-9,11-13H,10H2,1H3,(H,25,31);1-2H,(H,5,6)(H,7,8)/b;2-1-. The fourth-order valence-corrected chi connectivity index (χ4v) is 3.65. The third-order valence-electron chi connectivity index (χ3n) is 5.46.